The van der Waals surface area contributed by atoms with Crippen molar-refractivity contribution in [2.45, 2.75) is 34.1 Å². The van der Waals surface area contributed by atoms with Crippen LogP contribution in [0.3, 0.4) is 0 Å². The molecule has 0 bridgehead atoms. The van der Waals surface area contributed by atoms with Gasteiger partial charge in [0.2, 0.25) is 11.7 Å². The summed E-state index contributed by atoms with van der Waals surface area (Å²) in [5.41, 5.74) is 3.61. The monoisotopic (exact) mass is 284 g/mol. The molecular weight excluding hydrogens is 271 g/mol. The van der Waals surface area contributed by atoms with Crippen LogP contribution in [-0.4, -0.2) is 10.1 Å². The molecule has 0 saturated heterocycles. The first-order valence-electron chi connectivity index (χ1n) is 5.75. The Labute approximate surface area is 116 Å². The molecule has 0 saturated carbocycles. The second-order valence-electron chi connectivity index (χ2n) is 4.24. The highest BCUT2D eigenvalue weighted by Crippen LogP contribution is 2.38. The third kappa shape index (κ3) is 2.02. The minimum atomic E-state index is 0.547. The summed E-state index contributed by atoms with van der Waals surface area (Å²) >= 11 is 12.6. The van der Waals surface area contributed by atoms with Crippen molar-refractivity contribution in [1.82, 2.24) is 10.1 Å². The third-order valence-electron chi connectivity index (χ3n) is 3.06. The first kappa shape index (κ1) is 13.4. The van der Waals surface area contributed by atoms with E-state index in [2.05, 4.69) is 10.1 Å². The molecule has 18 heavy (non-hydrogen) atoms. The summed E-state index contributed by atoms with van der Waals surface area (Å²) in [6, 6.07) is 0. The van der Waals surface area contributed by atoms with Gasteiger partial charge in [-0.2, -0.15) is 4.98 Å². The number of aromatic nitrogens is 2. The molecule has 0 radical (unpaired) electrons. The quantitative estimate of drug-likeness (QED) is 0.813. The zero-order valence-electron chi connectivity index (χ0n) is 10.8. The molecule has 0 amide bonds. The number of hydrogen-bond donors (Lipinski definition) is 0. The Hall–Kier alpha value is -1.06. The fourth-order valence-corrected chi connectivity index (χ4v) is 2.42. The van der Waals surface area contributed by atoms with E-state index in [1.54, 1.807) is 0 Å². The van der Waals surface area contributed by atoms with Crippen molar-refractivity contribution in [1.29, 1.82) is 0 Å². The van der Waals surface area contributed by atoms with Crippen LogP contribution in [0.4, 0.5) is 0 Å². The first-order chi connectivity index (χ1) is 8.47. The van der Waals surface area contributed by atoms with E-state index in [1.165, 1.54) is 0 Å². The van der Waals surface area contributed by atoms with E-state index >= 15 is 0 Å². The van der Waals surface area contributed by atoms with Crippen molar-refractivity contribution in [2.75, 3.05) is 0 Å². The van der Waals surface area contributed by atoms with Gasteiger partial charge in [0.15, 0.2) is 0 Å². The molecule has 0 N–H and O–H groups in total. The predicted molar refractivity (Wildman–Crippen MR) is 73.3 cm³/mol. The first-order valence-corrected chi connectivity index (χ1v) is 6.50. The number of rotatable bonds is 2. The maximum Gasteiger partial charge on any atom is 0.226 e. The number of hydrogen-bond acceptors (Lipinski definition) is 3. The summed E-state index contributed by atoms with van der Waals surface area (Å²) in [4.78, 5) is 4.34. The smallest absolute Gasteiger partial charge is 0.226 e. The van der Waals surface area contributed by atoms with Crippen molar-refractivity contribution in [3.05, 3.63) is 32.6 Å². The Kier molecular flexibility index (Phi) is 3.64. The lowest BCUT2D eigenvalue weighted by Gasteiger charge is -2.13. The molecule has 96 valence electrons. The van der Waals surface area contributed by atoms with Gasteiger partial charge in [0.05, 0.1) is 0 Å². The molecule has 0 aliphatic carbocycles. The number of benzene rings is 1. The van der Waals surface area contributed by atoms with Crippen LogP contribution in [0.2, 0.25) is 10.0 Å². The van der Waals surface area contributed by atoms with Crippen LogP contribution in [0.25, 0.3) is 11.4 Å². The summed E-state index contributed by atoms with van der Waals surface area (Å²) in [7, 11) is 0. The number of halogens is 2. The van der Waals surface area contributed by atoms with Crippen LogP contribution in [-0.2, 0) is 6.42 Å². The van der Waals surface area contributed by atoms with Crippen LogP contribution in [0.1, 0.15) is 29.5 Å². The maximum atomic E-state index is 6.28. The zero-order chi connectivity index (χ0) is 13.4. The van der Waals surface area contributed by atoms with E-state index in [9.17, 15) is 0 Å². The summed E-state index contributed by atoms with van der Waals surface area (Å²) in [6.07, 6.45) is 0.707. The molecule has 2 aromatic rings. The average Bonchev–Trinajstić information content (AvgIpc) is 2.83. The number of nitrogens with zero attached hydrogens (tertiary/aromatic N) is 2. The molecule has 1 aromatic heterocycles. The number of aryl methyl sites for hydroxylation is 1. The minimum absolute atomic E-state index is 0.547. The maximum absolute atomic E-state index is 6.28. The molecule has 1 heterocycles. The summed E-state index contributed by atoms with van der Waals surface area (Å²) in [5.74, 6) is 1.15. The van der Waals surface area contributed by atoms with Crippen molar-refractivity contribution >= 4 is 23.2 Å². The molecule has 2 rings (SSSR count). The van der Waals surface area contributed by atoms with Gasteiger partial charge in [-0.15, -0.1) is 0 Å². The third-order valence-corrected chi connectivity index (χ3v) is 4.19. The van der Waals surface area contributed by atoms with Crippen molar-refractivity contribution in [2.24, 2.45) is 0 Å². The highest BCUT2D eigenvalue weighted by molar-refractivity contribution is 6.37. The Morgan fingerprint density at radius 3 is 2.00 bits per heavy atom. The lowest BCUT2D eigenvalue weighted by Crippen LogP contribution is -1.96. The molecule has 0 aliphatic rings. The van der Waals surface area contributed by atoms with Crippen LogP contribution in [0, 0.1) is 20.8 Å². The molecule has 0 spiro atoms. The molecule has 5 heteroatoms. The molecular formula is C13H14Cl2N2O. The zero-order valence-corrected chi connectivity index (χ0v) is 12.3. The van der Waals surface area contributed by atoms with Gasteiger partial charge in [-0.3, -0.25) is 0 Å². The molecule has 0 atom stereocenters. The van der Waals surface area contributed by atoms with Gasteiger partial charge in [-0.1, -0.05) is 35.3 Å². The molecule has 0 aliphatic heterocycles. The fourth-order valence-electron chi connectivity index (χ4n) is 2.00. The van der Waals surface area contributed by atoms with Gasteiger partial charge in [0, 0.05) is 22.0 Å². The van der Waals surface area contributed by atoms with Crippen LogP contribution in [0.15, 0.2) is 4.52 Å². The van der Waals surface area contributed by atoms with E-state index in [4.69, 9.17) is 27.7 Å². The largest absolute Gasteiger partial charge is 0.339 e. The molecule has 1 aromatic carbocycles. The highest BCUT2D eigenvalue weighted by Gasteiger charge is 2.19. The highest BCUT2D eigenvalue weighted by atomic mass is 35.5. The summed E-state index contributed by atoms with van der Waals surface area (Å²) in [6.45, 7) is 7.75. The Balaban J connectivity index is 2.71. The Morgan fingerprint density at radius 1 is 1.00 bits per heavy atom. The fraction of sp³-hybridized carbons (Fsp3) is 0.385. The van der Waals surface area contributed by atoms with Crippen molar-refractivity contribution in [3.8, 4) is 11.4 Å². The van der Waals surface area contributed by atoms with E-state index in [0.717, 1.165) is 22.3 Å². The van der Waals surface area contributed by atoms with E-state index < -0.39 is 0 Å². The normalized spacial score (nSPS) is 11.0. The van der Waals surface area contributed by atoms with Gasteiger partial charge in [-0.25, -0.2) is 0 Å². The van der Waals surface area contributed by atoms with Gasteiger partial charge in [0.25, 0.3) is 0 Å². The van der Waals surface area contributed by atoms with Crippen molar-refractivity contribution < 1.29 is 4.52 Å². The second-order valence-corrected chi connectivity index (χ2v) is 5.00. The average molecular weight is 285 g/mol. The van der Waals surface area contributed by atoms with Gasteiger partial charge < -0.3 is 4.52 Å². The van der Waals surface area contributed by atoms with Gasteiger partial charge in [0.1, 0.15) is 0 Å². The molecule has 0 fully saturated rings. The summed E-state index contributed by atoms with van der Waals surface area (Å²) < 4.78 is 5.14. The lowest BCUT2D eigenvalue weighted by atomic mass is 9.99. The SMILES string of the molecule is CCc1nc(-c2c(C)c(Cl)c(C)c(Cl)c2C)no1. The van der Waals surface area contributed by atoms with E-state index in [-0.39, 0.29) is 0 Å². The van der Waals surface area contributed by atoms with E-state index in [1.807, 2.05) is 27.7 Å². The van der Waals surface area contributed by atoms with Crippen molar-refractivity contribution in [3.63, 3.8) is 0 Å². The lowest BCUT2D eigenvalue weighted by molar-refractivity contribution is 0.382. The Morgan fingerprint density at radius 2 is 1.56 bits per heavy atom. The van der Waals surface area contributed by atoms with E-state index in [0.29, 0.717) is 28.2 Å². The van der Waals surface area contributed by atoms with Gasteiger partial charge in [-0.05, 0) is 37.5 Å². The Bertz CT molecular complexity index is 576. The topological polar surface area (TPSA) is 38.9 Å². The molecule has 0 unspecified atom stereocenters. The standard InChI is InChI=1S/C13H14Cl2N2O/c1-5-9-16-13(17-18-9)10-6(2)11(14)8(4)12(15)7(10)3/h5H2,1-4H3. The van der Waals surface area contributed by atoms with Crippen LogP contribution >= 0.6 is 23.2 Å². The predicted octanol–water partition coefficient (Wildman–Crippen LogP) is 4.53. The second kappa shape index (κ2) is 4.90. The molecule has 3 nitrogen and oxygen atoms in total. The van der Waals surface area contributed by atoms with Gasteiger partial charge >= 0.3 is 0 Å². The van der Waals surface area contributed by atoms with Crippen LogP contribution in [0.5, 0.6) is 0 Å². The minimum Gasteiger partial charge on any atom is -0.339 e. The van der Waals surface area contributed by atoms with Crippen LogP contribution < -0.4 is 0 Å². The summed E-state index contributed by atoms with van der Waals surface area (Å²) in [5, 5.41) is 5.30.